The molecule has 0 aliphatic carbocycles. The number of hydrogen-bond acceptors (Lipinski definition) is 3. The third-order valence-corrected chi connectivity index (χ3v) is 3.22. The van der Waals surface area contributed by atoms with Crippen LogP contribution in [0.2, 0.25) is 0 Å². The summed E-state index contributed by atoms with van der Waals surface area (Å²) >= 11 is 0. The molecule has 0 radical (unpaired) electrons. The van der Waals surface area contributed by atoms with Gasteiger partial charge in [0.25, 0.3) is 0 Å². The molecule has 20 heavy (non-hydrogen) atoms. The van der Waals surface area contributed by atoms with E-state index in [1.807, 2.05) is 19.9 Å². The van der Waals surface area contributed by atoms with Gasteiger partial charge < -0.3 is 9.84 Å². The van der Waals surface area contributed by atoms with E-state index in [0.29, 0.717) is 13.2 Å². The van der Waals surface area contributed by atoms with Gasteiger partial charge in [-0.15, -0.1) is 0 Å². The van der Waals surface area contributed by atoms with Gasteiger partial charge in [-0.25, -0.2) is 0 Å². The second kappa shape index (κ2) is 7.77. The van der Waals surface area contributed by atoms with Crippen LogP contribution in [-0.4, -0.2) is 40.9 Å². The monoisotopic (exact) mass is 279 g/mol. The Kier molecular flexibility index (Phi) is 6.66. The summed E-state index contributed by atoms with van der Waals surface area (Å²) in [4.78, 5) is 2.29. The maximum Gasteiger partial charge on any atom is 0.0900 e. The van der Waals surface area contributed by atoms with Crippen molar-refractivity contribution in [1.29, 1.82) is 0 Å². The second-order valence-electron chi connectivity index (χ2n) is 6.57. The first-order chi connectivity index (χ1) is 9.29. The van der Waals surface area contributed by atoms with Gasteiger partial charge in [0.1, 0.15) is 0 Å². The number of β-amino-alcohol motifs (C(OH)–C–C–N with tert-alkyl or cyclic N) is 1. The van der Waals surface area contributed by atoms with Gasteiger partial charge in [-0.05, 0) is 40.2 Å². The van der Waals surface area contributed by atoms with Crippen LogP contribution in [0.3, 0.4) is 0 Å². The molecular weight excluding hydrogens is 250 g/mol. The van der Waals surface area contributed by atoms with E-state index in [9.17, 15) is 5.11 Å². The van der Waals surface area contributed by atoms with Crippen molar-refractivity contribution in [1.82, 2.24) is 4.90 Å². The zero-order valence-electron chi connectivity index (χ0n) is 13.5. The van der Waals surface area contributed by atoms with Crippen LogP contribution in [0, 0.1) is 0 Å². The van der Waals surface area contributed by atoms with E-state index in [1.165, 1.54) is 5.56 Å². The summed E-state index contributed by atoms with van der Waals surface area (Å²) in [7, 11) is 0. The van der Waals surface area contributed by atoms with E-state index >= 15 is 0 Å². The Bertz CT molecular complexity index is 370. The number of hydrogen-bond donors (Lipinski definition) is 1. The van der Waals surface area contributed by atoms with Gasteiger partial charge in [-0.2, -0.15) is 0 Å². The topological polar surface area (TPSA) is 32.7 Å². The summed E-state index contributed by atoms with van der Waals surface area (Å²) in [6.45, 7) is 12.3. The molecule has 0 heterocycles. The molecule has 114 valence electrons. The van der Waals surface area contributed by atoms with Crippen molar-refractivity contribution in [2.75, 3.05) is 13.2 Å². The minimum Gasteiger partial charge on any atom is -0.389 e. The van der Waals surface area contributed by atoms with Crippen molar-refractivity contribution in [3.8, 4) is 0 Å². The van der Waals surface area contributed by atoms with Crippen LogP contribution >= 0.6 is 0 Å². The standard InChI is InChI=1S/C17H29NO2/c1-14(2)20-13-16(19)12-18(17(3,4)5)11-15-9-7-6-8-10-15/h6-10,14,16,19H,11-13H2,1-5H3. The van der Waals surface area contributed by atoms with Crippen molar-refractivity contribution in [3.63, 3.8) is 0 Å². The van der Waals surface area contributed by atoms with Crippen LogP contribution in [0.15, 0.2) is 30.3 Å². The highest BCUT2D eigenvalue weighted by molar-refractivity contribution is 5.14. The highest BCUT2D eigenvalue weighted by Crippen LogP contribution is 2.18. The number of nitrogens with zero attached hydrogens (tertiary/aromatic N) is 1. The summed E-state index contributed by atoms with van der Waals surface area (Å²) in [5.74, 6) is 0. The van der Waals surface area contributed by atoms with Crippen LogP contribution < -0.4 is 0 Å². The first-order valence-electron chi connectivity index (χ1n) is 7.37. The molecule has 3 heteroatoms. The molecule has 0 saturated carbocycles. The molecule has 0 amide bonds. The van der Waals surface area contributed by atoms with Gasteiger partial charge in [-0.1, -0.05) is 30.3 Å². The normalized spacial score (nSPS) is 14.0. The van der Waals surface area contributed by atoms with Crippen LogP contribution in [0.25, 0.3) is 0 Å². The van der Waals surface area contributed by atoms with E-state index in [2.05, 4.69) is 49.9 Å². The Hall–Kier alpha value is -0.900. The first-order valence-corrected chi connectivity index (χ1v) is 7.37. The maximum absolute atomic E-state index is 10.1. The fourth-order valence-corrected chi connectivity index (χ4v) is 1.99. The molecule has 0 aliphatic rings. The molecule has 0 bridgehead atoms. The van der Waals surface area contributed by atoms with E-state index in [1.54, 1.807) is 0 Å². The molecule has 0 aliphatic heterocycles. The molecule has 1 aromatic carbocycles. The van der Waals surface area contributed by atoms with Gasteiger partial charge in [0.05, 0.1) is 18.8 Å². The highest BCUT2D eigenvalue weighted by atomic mass is 16.5. The van der Waals surface area contributed by atoms with E-state index in [4.69, 9.17) is 4.74 Å². The fourth-order valence-electron chi connectivity index (χ4n) is 1.99. The van der Waals surface area contributed by atoms with Crippen molar-refractivity contribution in [2.45, 2.75) is 58.9 Å². The van der Waals surface area contributed by atoms with E-state index < -0.39 is 6.10 Å². The van der Waals surface area contributed by atoms with E-state index in [-0.39, 0.29) is 11.6 Å². The van der Waals surface area contributed by atoms with Gasteiger partial charge in [0, 0.05) is 18.6 Å². The maximum atomic E-state index is 10.1. The minimum absolute atomic E-state index is 0.00858. The molecule has 1 unspecified atom stereocenters. The molecule has 1 aromatic rings. The third kappa shape index (κ3) is 6.51. The molecule has 1 N–H and O–H groups in total. The lowest BCUT2D eigenvalue weighted by molar-refractivity contribution is -0.0235. The molecule has 0 saturated heterocycles. The Morgan fingerprint density at radius 3 is 2.25 bits per heavy atom. The average Bonchev–Trinajstić information content (AvgIpc) is 2.36. The summed E-state index contributed by atoms with van der Waals surface area (Å²) in [5.41, 5.74) is 1.27. The predicted molar refractivity (Wildman–Crippen MR) is 83.7 cm³/mol. The molecule has 0 spiro atoms. The second-order valence-corrected chi connectivity index (χ2v) is 6.57. The summed E-state index contributed by atoms with van der Waals surface area (Å²) in [6, 6.07) is 10.4. The minimum atomic E-state index is -0.458. The van der Waals surface area contributed by atoms with Crippen LogP contribution in [0.5, 0.6) is 0 Å². The number of rotatable bonds is 7. The van der Waals surface area contributed by atoms with Gasteiger partial charge >= 0.3 is 0 Å². The molecule has 3 nitrogen and oxygen atoms in total. The zero-order valence-corrected chi connectivity index (χ0v) is 13.5. The van der Waals surface area contributed by atoms with Crippen molar-refractivity contribution in [2.24, 2.45) is 0 Å². The van der Waals surface area contributed by atoms with Gasteiger partial charge in [-0.3, -0.25) is 4.90 Å². The molecular formula is C17H29NO2. The highest BCUT2D eigenvalue weighted by Gasteiger charge is 2.24. The lowest BCUT2D eigenvalue weighted by atomic mass is 10.0. The van der Waals surface area contributed by atoms with Crippen molar-refractivity contribution in [3.05, 3.63) is 35.9 Å². The predicted octanol–water partition coefficient (Wildman–Crippen LogP) is 3.07. The molecule has 0 fully saturated rings. The Balaban J connectivity index is 2.61. The van der Waals surface area contributed by atoms with Gasteiger partial charge in [0.15, 0.2) is 0 Å². The average molecular weight is 279 g/mol. The van der Waals surface area contributed by atoms with Crippen LogP contribution in [0.4, 0.5) is 0 Å². The quantitative estimate of drug-likeness (QED) is 0.832. The Labute approximate surface area is 123 Å². The lowest BCUT2D eigenvalue weighted by Crippen LogP contribution is -2.46. The summed E-state index contributed by atoms with van der Waals surface area (Å²) in [6.07, 6.45) is -0.304. The fraction of sp³-hybridized carbons (Fsp3) is 0.647. The summed E-state index contributed by atoms with van der Waals surface area (Å²) < 4.78 is 5.49. The zero-order chi connectivity index (χ0) is 15.2. The summed E-state index contributed by atoms with van der Waals surface area (Å²) in [5, 5.41) is 10.1. The van der Waals surface area contributed by atoms with Crippen molar-refractivity contribution >= 4 is 0 Å². The molecule has 1 atom stereocenters. The van der Waals surface area contributed by atoms with E-state index in [0.717, 1.165) is 6.54 Å². The first kappa shape index (κ1) is 17.2. The van der Waals surface area contributed by atoms with Gasteiger partial charge in [0.2, 0.25) is 0 Å². The third-order valence-electron chi connectivity index (χ3n) is 3.22. The van der Waals surface area contributed by atoms with Crippen molar-refractivity contribution < 1.29 is 9.84 Å². The number of aliphatic hydroxyl groups is 1. The smallest absolute Gasteiger partial charge is 0.0900 e. The van der Waals surface area contributed by atoms with Crippen LogP contribution in [-0.2, 0) is 11.3 Å². The Morgan fingerprint density at radius 1 is 1.15 bits per heavy atom. The molecule has 0 aromatic heterocycles. The number of ether oxygens (including phenoxy) is 1. The number of aliphatic hydroxyl groups excluding tert-OH is 1. The SMILES string of the molecule is CC(C)OCC(O)CN(Cc1ccccc1)C(C)(C)C. The Morgan fingerprint density at radius 2 is 1.75 bits per heavy atom. The van der Waals surface area contributed by atoms with Crippen LogP contribution in [0.1, 0.15) is 40.2 Å². The largest absolute Gasteiger partial charge is 0.389 e. The lowest BCUT2D eigenvalue weighted by Gasteiger charge is -2.37. The number of benzene rings is 1. The molecule has 1 rings (SSSR count).